The van der Waals surface area contributed by atoms with E-state index in [4.69, 9.17) is 28.3 Å². The number of carbonyl (C=O) groups is 1. The number of halogens is 2. The molecule has 0 aromatic carbocycles. The van der Waals surface area contributed by atoms with Gasteiger partial charge in [0.1, 0.15) is 0 Å². The lowest BCUT2D eigenvalue weighted by Gasteiger charge is -2.01. The van der Waals surface area contributed by atoms with Gasteiger partial charge >= 0.3 is 5.97 Å². The summed E-state index contributed by atoms with van der Waals surface area (Å²) in [6.07, 6.45) is 1.33. The fraction of sp³-hybridized carbons (Fsp3) is 0. The van der Waals surface area contributed by atoms with E-state index in [1.165, 1.54) is 23.6 Å². The topological polar surface area (TPSA) is 50.2 Å². The van der Waals surface area contributed by atoms with Gasteiger partial charge in [-0.05, 0) is 18.2 Å². The van der Waals surface area contributed by atoms with Gasteiger partial charge < -0.3 is 5.11 Å². The molecule has 0 saturated carbocycles. The highest BCUT2D eigenvalue weighted by Crippen LogP contribution is 2.31. The van der Waals surface area contributed by atoms with Crippen LogP contribution in [0.5, 0.6) is 0 Å². The number of nitrogens with zero attached hydrogens (tertiary/aromatic N) is 1. The molecular formula is C10H5Cl2NO2S. The summed E-state index contributed by atoms with van der Waals surface area (Å²) in [7, 11) is 0. The van der Waals surface area contributed by atoms with Crippen molar-refractivity contribution in [3.8, 4) is 10.6 Å². The molecule has 0 aliphatic carbocycles. The van der Waals surface area contributed by atoms with Gasteiger partial charge in [-0.1, -0.05) is 23.2 Å². The molecule has 0 bridgehead atoms. The predicted octanol–water partition coefficient (Wildman–Crippen LogP) is 3.82. The Balaban J connectivity index is 2.51. The Kier molecular flexibility index (Phi) is 3.14. The number of thiophene rings is 1. The molecule has 16 heavy (non-hydrogen) atoms. The SMILES string of the molecule is O=C(O)c1cc(-c2ccc(Cl)s2)ncc1Cl. The number of aromatic nitrogens is 1. The third-order valence-electron chi connectivity index (χ3n) is 1.91. The van der Waals surface area contributed by atoms with Crippen LogP contribution in [0.3, 0.4) is 0 Å². The summed E-state index contributed by atoms with van der Waals surface area (Å²) in [6.45, 7) is 0. The second-order valence-electron chi connectivity index (χ2n) is 2.96. The van der Waals surface area contributed by atoms with Crippen LogP contribution in [0, 0.1) is 0 Å². The van der Waals surface area contributed by atoms with E-state index in [1.807, 2.05) is 0 Å². The predicted molar refractivity (Wildman–Crippen MR) is 64.5 cm³/mol. The van der Waals surface area contributed by atoms with Crippen LogP contribution in [0.1, 0.15) is 10.4 Å². The number of carboxylic acids is 1. The Bertz CT molecular complexity index is 554. The first-order valence-electron chi connectivity index (χ1n) is 4.22. The first kappa shape index (κ1) is 11.4. The Hall–Kier alpha value is -1.10. The minimum Gasteiger partial charge on any atom is -0.478 e. The number of hydrogen-bond donors (Lipinski definition) is 1. The van der Waals surface area contributed by atoms with Crippen molar-refractivity contribution in [2.75, 3.05) is 0 Å². The summed E-state index contributed by atoms with van der Waals surface area (Å²) in [5.74, 6) is -1.07. The van der Waals surface area contributed by atoms with Crippen molar-refractivity contribution in [3.63, 3.8) is 0 Å². The molecule has 0 aliphatic rings. The summed E-state index contributed by atoms with van der Waals surface area (Å²) >= 11 is 12.8. The molecule has 0 amide bonds. The lowest BCUT2D eigenvalue weighted by atomic mass is 10.2. The van der Waals surface area contributed by atoms with Crippen molar-refractivity contribution in [1.82, 2.24) is 4.98 Å². The minimum absolute atomic E-state index is 0.0381. The van der Waals surface area contributed by atoms with Crippen LogP contribution in [-0.2, 0) is 0 Å². The molecule has 2 aromatic heterocycles. The first-order chi connectivity index (χ1) is 7.58. The highest BCUT2D eigenvalue weighted by Gasteiger charge is 2.12. The number of carboxylic acid groups (broad SMARTS) is 1. The maximum Gasteiger partial charge on any atom is 0.337 e. The molecule has 6 heteroatoms. The van der Waals surface area contributed by atoms with Crippen LogP contribution in [0.25, 0.3) is 10.6 Å². The number of aromatic carboxylic acids is 1. The molecule has 0 saturated heterocycles. The van der Waals surface area contributed by atoms with Crippen molar-refractivity contribution in [3.05, 3.63) is 39.3 Å². The number of pyridine rings is 1. The van der Waals surface area contributed by atoms with Gasteiger partial charge in [0.15, 0.2) is 0 Å². The molecule has 2 aromatic rings. The molecule has 0 radical (unpaired) electrons. The van der Waals surface area contributed by atoms with Gasteiger partial charge in [0.2, 0.25) is 0 Å². The zero-order valence-electron chi connectivity index (χ0n) is 7.78. The largest absolute Gasteiger partial charge is 0.478 e. The molecule has 82 valence electrons. The highest BCUT2D eigenvalue weighted by atomic mass is 35.5. The molecule has 2 heterocycles. The van der Waals surface area contributed by atoms with Crippen LogP contribution in [0.15, 0.2) is 24.4 Å². The molecule has 1 N–H and O–H groups in total. The van der Waals surface area contributed by atoms with E-state index in [-0.39, 0.29) is 10.6 Å². The van der Waals surface area contributed by atoms with Gasteiger partial charge in [0, 0.05) is 6.20 Å². The quantitative estimate of drug-likeness (QED) is 0.905. The minimum atomic E-state index is -1.07. The van der Waals surface area contributed by atoms with Crippen molar-refractivity contribution in [2.24, 2.45) is 0 Å². The summed E-state index contributed by atoms with van der Waals surface area (Å²) in [6, 6.07) is 4.96. The zero-order valence-corrected chi connectivity index (χ0v) is 10.1. The summed E-state index contributed by atoms with van der Waals surface area (Å²) in [4.78, 5) is 15.7. The molecular weight excluding hydrogens is 269 g/mol. The zero-order chi connectivity index (χ0) is 11.7. The molecule has 2 rings (SSSR count). The molecule has 0 spiro atoms. The summed E-state index contributed by atoms with van der Waals surface area (Å²) in [5.41, 5.74) is 0.592. The van der Waals surface area contributed by atoms with Gasteiger partial charge in [-0.3, -0.25) is 4.98 Å². The second kappa shape index (κ2) is 4.41. The van der Waals surface area contributed by atoms with Gasteiger partial charge in [-0.15, -0.1) is 11.3 Å². The van der Waals surface area contributed by atoms with Gasteiger partial charge in [0.05, 0.1) is 25.5 Å². The molecule has 0 atom stereocenters. The average Bonchev–Trinajstić information content (AvgIpc) is 2.65. The average molecular weight is 274 g/mol. The van der Waals surface area contributed by atoms with Gasteiger partial charge in [-0.25, -0.2) is 4.79 Å². The van der Waals surface area contributed by atoms with Crippen LogP contribution in [-0.4, -0.2) is 16.1 Å². The Morgan fingerprint density at radius 3 is 2.69 bits per heavy atom. The number of rotatable bonds is 2. The van der Waals surface area contributed by atoms with Crippen molar-refractivity contribution < 1.29 is 9.90 Å². The Morgan fingerprint density at radius 1 is 1.38 bits per heavy atom. The molecule has 0 aliphatic heterocycles. The summed E-state index contributed by atoms with van der Waals surface area (Å²) in [5, 5.41) is 9.03. The van der Waals surface area contributed by atoms with Crippen LogP contribution in [0.2, 0.25) is 9.36 Å². The lowest BCUT2D eigenvalue weighted by molar-refractivity contribution is 0.0697. The van der Waals surface area contributed by atoms with Crippen molar-refractivity contribution >= 4 is 40.5 Å². The molecule has 3 nitrogen and oxygen atoms in total. The first-order valence-corrected chi connectivity index (χ1v) is 5.79. The van der Waals surface area contributed by atoms with E-state index in [2.05, 4.69) is 4.98 Å². The van der Waals surface area contributed by atoms with Crippen LogP contribution in [0.4, 0.5) is 0 Å². The van der Waals surface area contributed by atoms with Gasteiger partial charge in [-0.2, -0.15) is 0 Å². The normalized spacial score (nSPS) is 10.4. The fourth-order valence-corrected chi connectivity index (χ4v) is 2.38. The second-order valence-corrected chi connectivity index (χ2v) is 5.08. The van der Waals surface area contributed by atoms with Crippen LogP contribution >= 0.6 is 34.5 Å². The van der Waals surface area contributed by atoms with Crippen molar-refractivity contribution in [1.29, 1.82) is 0 Å². The fourth-order valence-electron chi connectivity index (χ4n) is 1.19. The van der Waals surface area contributed by atoms with E-state index in [1.54, 1.807) is 12.1 Å². The van der Waals surface area contributed by atoms with Crippen LogP contribution < -0.4 is 0 Å². The van der Waals surface area contributed by atoms with E-state index in [0.29, 0.717) is 10.0 Å². The summed E-state index contributed by atoms with van der Waals surface area (Å²) < 4.78 is 0.628. The standard InChI is InChI=1S/C10H5Cl2NO2S/c11-6-4-13-7(3-5(6)10(14)15)8-1-2-9(12)16-8/h1-4H,(H,14,15). The maximum atomic E-state index is 10.9. The molecule has 0 unspecified atom stereocenters. The Labute approximate surface area is 105 Å². The lowest BCUT2D eigenvalue weighted by Crippen LogP contribution is -1.98. The highest BCUT2D eigenvalue weighted by molar-refractivity contribution is 7.19. The Morgan fingerprint density at radius 2 is 2.12 bits per heavy atom. The smallest absolute Gasteiger partial charge is 0.337 e. The monoisotopic (exact) mass is 273 g/mol. The van der Waals surface area contributed by atoms with E-state index >= 15 is 0 Å². The number of hydrogen-bond acceptors (Lipinski definition) is 3. The maximum absolute atomic E-state index is 10.9. The molecule has 0 fully saturated rings. The third-order valence-corrected chi connectivity index (χ3v) is 3.47. The van der Waals surface area contributed by atoms with E-state index in [9.17, 15) is 4.79 Å². The van der Waals surface area contributed by atoms with E-state index < -0.39 is 5.97 Å². The van der Waals surface area contributed by atoms with Crippen molar-refractivity contribution in [2.45, 2.75) is 0 Å². The van der Waals surface area contributed by atoms with Gasteiger partial charge in [0.25, 0.3) is 0 Å². The third kappa shape index (κ3) is 2.19. The van der Waals surface area contributed by atoms with E-state index in [0.717, 1.165) is 4.88 Å².